The number of aliphatic hydroxyl groups is 1. The minimum absolute atomic E-state index is 0.578. The van der Waals surface area contributed by atoms with Crippen molar-refractivity contribution < 1.29 is 14.6 Å². The molecule has 1 saturated heterocycles. The lowest BCUT2D eigenvalue weighted by atomic mass is 10.1. The number of nitrogens with one attached hydrogen (secondary N) is 1. The molecule has 3 aromatic heterocycles. The van der Waals surface area contributed by atoms with E-state index >= 15 is 0 Å². The predicted octanol–water partition coefficient (Wildman–Crippen LogP) is 3.62. The molecule has 3 aromatic rings. The second-order valence-electron chi connectivity index (χ2n) is 6.34. The lowest BCUT2D eigenvalue weighted by Crippen LogP contribution is -2.22. The first-order valence-electron chi connectivity index (χ1n) is 8.66. The number of aromatic nitrogens is 3. The van der Waals surface area contributed by atoms with Gasteiger partial charge in [-0.1, -0.05) is 6.07 Å². The van der Waals surface area contributed by atoms with Crippen LogP contribution in [-0.4, -0.2) is 33.3 Å². The second-order valence-corrected chi connectivity index (χ2v) is 7.41. The van der Waals surface area contributed by atoms with Crippen molar-refractivity contribution in [3.8, 4) is 10.6 Å². The fourth-order valence-corrected chi connectivity index (χ4v) is 3.66. The van der Waals surface area contributed by atoms with E-state index in [0.717, 1.165) is 16.1 Å². The predicted molar refractivity (Wildman–Crippen MR) is 103 cm³/mol. The van der Waals surface area contributed by atoms with Crippen LogP contribution in [0.2, 0.25) is 0 Å². The van der Waals surface area contributed by atoms with Gasteiger partial charge < -0.3 is 19.9 Å². The van der Waals surface area contributed by atoms with Gasteiger partial charge >= 0.3 is 0 Å². The minimum Gasteiger partial charge on any atom is -0.386 e. The Morgan fingerprint density at radius 2 is 2.00 bits per heavy atom. The van der Waals surface area contributed by atoms with Crippen molar-refractivity contribution in [2.24, 2.45) is 0 Å². The van der Waals surface area contributed by atoms with Crippen LogP contribution < -0.4 is 5.32 Å². The van der Waals surface area contributed by atoms with Gasteiger partial charge in [-0.3, -0.25) is 0 Å². The van der Waals surface area contributed by atoms with Gasteiger partial charge in [-0.15, -0.1) is 11.3 Å². The summed E-state index contributed by atoms with van der Waals surface area (Å²) in [5, 5.41) is 13.6. The quantitative estimate of drug-likeness (QED) is 0.694. The normalized spacial score (nSPS) is 17.0. The molecule has 1 atom stereocenters. The highest BCUT2D eigenvalue weighted by molar-refractivity contribution is 7.15. The number of anilines is 2. The lowest BCUT2D eigenvalue weighted by molar-refractivity contribution is -0.149. The van der Waals surface area contributed by atoms with Crippen molar-refractivity contribution in [2.75, 3.05) is 18.5 Å². The summed E-state index contributed by atoms with van der Waals surface area (Å²) in [5.41, 5.74) is 1.69. The van der Waals surface area contributed by atoms with Crippen LogP contribution in [0.1, 0.15) is 30.5 Å². The topological polar surface area (TPSA) is 89.4 Å². The Bertz CT molecular complexity index is 938. The largest absolute Gasteiger partial charge is 0.386 e. The van der Waals surface area contributed by atoms with Gasteiger partial charge in [-0.25, -0.2) is 15.0 Å². The van der Waals surface area contributed by atoms with Gasteiger partial charge in [0.2, 0.25) is 0 Å². The summed E-state index contributed by atoms with van der Waals surface area (Å²) in [7, 11) is 0. The zero-order valence-electron chi connectivity index (χ0n) is 15.0. The molecule has 140 valence electrons. The van der Waals surface area contributed by atoms with Crippen molar-refractivity contribution in [1.29, 1.82) is 0 Å². The summed E-state index contributed by atoms with van der Waals surface area (Å²) in [5.74, 6) is 0.586. The van der Waals surface area contributed by atoms with Gasteiger partial charge in [0.25, 0.3) is 0 Å². The Hall–Kier alpha value is -2.39. The molecule has 0 radical (unpaired) electrons. The standard InChI is InChI=1S/C19H20N4O3S/c1-12(24)18-21-11-15(27-18)14-4-3-5-16(22-14)23-17-10-13(6-7-20-17)19(2)25-8-9-26-19/h3-7,10-12,24H,8-9H2,1-2H3,(H,20,22,23). The van der Waals surface area contributed by atoms with Crippen molar-refractivity contribution in [3.05, 3.63) is 53.3 Å². The molecule has 4 rings (SSSR count). The Morgan fingerprint density at radius 1 is 1.19 bits per heavy atom. The van der Waals surface area contributed by atoms with Gasteiger partial charge in [-0.05, 0) is 38.1 Å². The van der Waals surface area contributed by atoms with E-state index in [-0.39, 0.29) is 0 Å². The number of nitrogens with zero attached hydrogens (tertiary/aromatic N) is 3. The van der Waals surface area contributed by atoms with Gasteiger partial charge in [0.05, 0.1) is 23.8 Å². The fourth-order valence-electron chi connectivity index (χ4n) is 2.83. The van der Waals surface area contributed by atoms with E-state index in [1.807, 2.05) is 37.3 Å². The van der Waals surface area contributed by atoms with Crippen LogP contribution in [0.25, 0.3) is 10.6 Å². The molecule has 0 aliphatic carbocycles. The molecule has 1 fully saturated rings. The number of ether oxygens (including phenoxy) is 2. The van der Waals surface area contributed by atoms with E-state index in [1.54, 1.807) is 19.3 Å². The van der Waals surface area contributed by atoms with Crippen molar-refractivity contribution in [1.82, 2.24) is 15.0 Å². The Kier molecular flexibility index (Phi) is 4.88. The first kappa shape index (κ1) is 18.0. The molecule has 0 saturated carbocycles. The van der Waals surface area contributed by atoms with Crippen LogP contribution in [0.4, 0.5) is 11.6 Å². The summed E-state index contributed by atoms with van der Waals surface area (Å²) in [6, 6.07) is 9.49. The van der Waals surface area contributed by atoms with Crippen molar-refractivity contribution in [3.63, 3.8) is 0 Å². The SMILES string of the molecule is CC(O)c1ncc(-c2cccc(Nc3cc(C4(C)OCCO4)ccn3)n2)s1. The molecule has 4 heterocycles. The molecule has 1 aliphatic heterocycles. The monoisotopic (exact) mass is 384 g/mol. The molecule has 0 bridgehead atoms. The van der Waals surface area contributed by atoms with Gasteiger partial charge in [0, 0.05) is 18.0 Å². The third kappa shape index (κ3) is 3.84. The summed E-state index contributed by atoms with van der Waals surface area (Å²) >= 11 is 1.43. The molecule has 8 heteroatoms. The van der Waals surface area contributed by atoms with Gasteiger partial charge in [-0.2, -0.15) is 0 Å². The summed E-state index contributed by atoms with van der Waals surface area (Å²) in [4.78, 5) is 14.1. The molecule has 2 N–H and O–H groups in total. The van der Waals surface area contributed by atoms with Crippen LogP contribution in [0, 0.1) is 0 Å². The third-order valence-corrected chi connectivity index (χ3v) is 5.45. The number of rotatable bonds is 5. The Morgan fingerprint density at radius 3 is 2.74 bits per heavy atom. The molecular formula is C19H20N4O3S. The zero-order valence-corrected chi connectivity index (χ0v) is 15.9. The molecule has 0 amide bonds. The molecule has 7 nitrogen and oxygen atoms in total. The number of hydrogen-bond acceptors (Lipinski definition) is 8. The van der Waals surface area contributed by atoms with E-state index in [2.05, 4.69) is 20.3 Å². The average molecular weight is 384 g/mol. The summed E-state index contributed by atoms with van der Waals surface area (Å²) in [6.07, 6.45) is 2.86. The van der Waals surface area contributed by atoms with E-state index in [4.69, 9.17) is 9.47 Å². The smallest absolute Gasteiger partial charge is 0.192 e. The first-order valence-corrected chi connectivity index (χ1v) is 9.48. The van der Waals surface area contributed by atoms with Crippen molar-refractivity contribution in [2.45, 2.75) is 25.7 Å². The Labute approximate surface area is 161 Å². The van der Waals surface area contributed by atoms with E-state index in [9.17, 15) is 5.11 Å². The van der Waals surface area contributed by atoms with E-state index in [1.165, 1.54) is 11.3 Å². The van der Waals surface area contributed by atoms with Crippen LogP contribution in [0.5, 0.6) is 0 Å². The zero-order chi connectivity index (χ0) is 18.9. The third-order valence-electron chi connectivity index (χ3n) is 4.26. The molecule has 0 aromatic carbocycles. The maximum atomic E-state index is 9.66. The van der Waals surface area contributed by atoms with Crippen molar-refractivity contribution >= 4 is 23.0 Å². The van der Waals surface area contributed by atoms with Crippen LogP contribution in [-0.2, 0) is 15.3 Å². The summed E-state index contributed by atoms with van der Waals surface area (Å²) < 4.78 is 11.4. The number of pyridine rings is 2. The van der Waals surface area contributed by atoms with E-state index in [0.29, 0.717) is 29.9 Å². The van der Waals surface area contributed by atoms with Gasteiger partial charge in [0.1, 0.15) is 22.7 Å². The lowest BCUT2D eigenvalue weighted by Gasteiger charge is -2.23. The number of thiazole rings is 1. The Balaban J connectivity index is 1.56. The minimum atomic E-state index is -0.741. The molecule has 0 spiro atoms. The maximum Gasteiger partial charge on any atom is 0.192 e. The van der Waals surface area contributed by atoms with E-state index < -0.39 is 11.9 Å². The fraction of sp³-hybridized carbons (Fsp3) is 0.316. The first-order chi connectivity index (χ1) is 13.0. The highest BCUT2D eigenvalue weighted by atomic mass is 32.1. The maximum absolute atomic E-state index is 9.66. The molecule has 1 unspecified atom stereocenters. The van der Waals surface area contributed by atoms with Crippen LogP contribution >= 0.6 is 11.3 Å². The number of hydrogen-bond donors (Lipinski definition) is 2. The van der Waals surface area contributed by atoms with Gasteiger partial charge in [0.15, 0.2) is 5.79 Å². The van der Waals surface area contributed by atoms with Crippen LogP contribution in [0.3, 0.4) is 0 Å². The molecule has 1 aliphatic rings. The highest BCUT2D eigenvalue weighted by Gasteiger charge is 2.33. The average Bonchev–Trinajstić information content (AvgIpc) is 3.32. The van der Waals surface area contributed by atoms with Crippen LogP contribution in [0.15, 0.2) is 42.7 Å². The molecule has 27 heavy (non-hydrogen) atoms. The number of aliphatic hydroxyl groups excluding tert-OH is 1. The second kappa shape index (κ2) is 7.32. The highest BCUT2D eigenvalue weighted by Crippen LogP contribution is 2.32. The molecular weight excluding hydrogens is 364 g/mol. The summed E-state index contributed by atoms with van der Waals surface area (Å²) in [6.45, 7) is 4.76.